The lowest BCUT2D eigenvalue weighted by Crippen LogP contribution is -2.47. The minimum Gasteiger partial charge on any atom is -0.478 e. The van der Waals surface area contributed by atoms with Gasteiger partial charge in [0.25, 0.3) is 0 Å². The van der Waals surface area contributed by atoms with Gasteiger partial charge in [0.15, 0.2) is 5.82 Å². The van der Waals surface area contributed by atoms with E-state index in [0.29, 0.717) is 48.7 Å². The zero-order valence-corrected chi connectivity index (χ0v) is 18.2. The van der Waals surface area contributed by atoms with Gasteiger partial charge < -0.3 is 15.4 Å². The molecule has 3 N–H and O–H groups in total. The maximum Gasteiger partial charge on any atom is 0.211 e. The molecule has 5 rings (SSSR count). The molecule has 2 saturated heterocycles. The minimum atomic E-state index is 0.354. The van der Waals surface area contributed by atoms with Gasteiger partial charge in [-0.05, 0) is 44.7 Å². The summed E-state index contributed by atoms with van der Waals surface area (Å²) in [6.07, 6.45) is 6.97. The molecular weight excluding hydrogens is 404 g/mol. The summed E-state index contributed by atoms with van der Waals surface area (Å²) in [7, 11) is 0. The van der Waals surface area contributed by atoms with E-state index >= 15 is 0 Å². The van der Waals surface area contributed by atoms with Crippen LogP contribution in [0.3, 0.4) is 0 Å². The number of aromatic amines is 1. The number of piperidine rings is 1. The van der Waals surface area contributed by atoms with Crippen molar-refractivity contribution in [2.24, 2.45) is 0 Å². The monoisotopic (exact) mass is 432 g/mol. The van der Waals surface area contributed by atoms with Gasteiger partial charge in [-0.1, -0.05) is 0 Å². The molecule has 0 amide bonds. The Balaban J connectivity index is 1.36. The van der Waals surface area contributed by atoms with Crippen LogP contribution in [0.15, 0.2) is 30.5 Å². The van der Waals surface area contributed by atoms with Crippen LogP contribution < -0.4 is 15.4 Å². The lowest BCUT2D eigenvalue weighted by Gasteiger charge is -2.39. The summed E-state index contributed by atoms with van der Waals surface area (Å²) in [6.45, 7) is 3.39. The van der Waals surface area contributed by atoms with Crippen molar-refractivity contribution in [1.82, 2.24) is 25.1 Å². The fraction of sp³-hybridized carbons (Fsp3) is 0.478. The molecule has 0 saturated carbocycles. The van der Waals surface area contributed by atoms with Crippen molar-refractivity contribution < 1.29 is 4.74 Å². The van der Waals surface area contributed by atoms with E-state index < -0.39 is 0 Å². The number of nitrogens with one attached hydrogen (secondary N) is 3. The van der Waals surface area contributed by atoms with Crippen LogP contribution in [0.2, 0.25) is 0 Å². The zero-order valence-electron chi connectivity index (χ0n) is 18.2. The van der Waals surface area contributed by atoms with Crippen LogP contribution in [-0.4, -0.2) is 56.3 Å². The number of pyridine rings is 2. The van der Waals surface area contributed by atoms with Crippen LogP contribution in [0, 0.1) is 11.3 Å². The summed E-state index contributed by atoms with van der Waals surface area (Å²) < 4.78 is 5.45. The third-order valence-corrected chi connectivity index (χ3v) is 6.42. The number of hydrogen-bond acceptors (Lipinski definition) is 8. The number of hydrogen-bond donors (Lipinski definition) is 3. The molecule has 9 nitrogen and oxygen atoms in total. The van der Waals surface area contributed by atoms with Gasteiger partial charge in [-0.3, -0.25) is 9.88 Å². The van der Waals surface area contributed by atoms with Crippen LogP contribution >= 0.6 is 0 Å². The van der Waals surface area contributed by atoms with E-state index in [9.17, 15) is 0 Å². The van der Waals surface area contributed by atoms with Crippen LogP contribution in [0.1, 0.15) is 39.0 Å². The minimum absolute atomic E-state index is 0.354. The number of H-pyrrole nitrogens is 1. The standard InChI is InChI=1S/C23H28N8O/c1-2-32-22-14-21(29-30-22)27-20-13-19-18(5-3-9-25-19)23(28-20)26-15-11-16-6-7-17(12-15)31(16)10-4-8-24/h3,5,9,13-17H,2,4,6-7,10-12H2,1H3,(H3,26,27,28,29,30)/t15-,16-,17+. The van der Waals surface area contributed by atoms with E-state index in [-0.39, 0.29) is 0 Å². The molecule has 9 heteroatoms. The highest BCUT2D eigenvalue weighted by molar-refractivity contribution is 5.91. The maximum absolute atomic E-state index is 8.97. The maximum atomic E-state index is 8.97. The van der Waals surface area contributed by atoms with Crippen LogP contribution in [0.4, 0.5) is 17.5 Å². The number of anilines is 3. The highest BCUT2D eigenvalue weighted by Gasteiger charge is 2.40. The average molecular weight is 433 g/mol. The van der Waals surface area contributed by atoms with E-state index in [2.05, 4.69) is 42.9 Å². The highest BCUT2D eigenvalue weighted by Crippen LogP contribution is 2.37. The van der Waals surface area contributed by atoms with E-state index in [0.717, 1.165) is 36.1 Å². The Morgan fingerprint density at radius 3 is 2.88 bits per heavy atom. The first-order valence-electron chi connectivity index (χ1n) is 11.3. The predicted octanol–water partition coefficient (Wildman–Crippen LogP) is 3.82. The summed E-state index contributed by atoms with van der Waals surface area (Å²) in [4.78, 5) is 12.0. The van der Waals surface area contributed by atoms with Crippen molar-refractivity contribution in [2.45, 2.75) is 57.2 Å². The topological polar surface area (TPSA) is 115 Å². The van der Waals surface area contributed by atoms with Crippen LogP contribution in [0.25, 0.3) is 10.9 Å². The van der Waals surface area contributed by atoms with E-state index in [1.165, 1.54) is 12.8 Å². The fourth-order valence-electron chi connectivity index (χ4n) is 5.11. The van der Waals surface area contributed by atoms with Crippen molar-refractivity contribution in [3.63, 3.8) is 0 Å². The zero-order chi connectivity index (χ0) is 21.9. The van der Waals surface area contributed by atoms with Gasteiger partial charge in [0, 0.05) is 54.8 Å². The first-order valence-corrected chi connectivity index (χ1v) is 11.3. The van der Waals surface area contributed by atoms with E-state index in [1.807, 2.05) is 25.1 Å². The van der Waals surface area contributed by atoms with E-state index in [1.54, 1.807) is 6.20 Å². The molecule has 2 aliphatic heterocycles. The van der Waals surface area contributed by atoms with Gasteiger partial charge >= 0.3 is 0 Å². The van der Waals surface area contributed by atoms with E-state index in [4.69, 9.17) is 15.0 Å². The second kappa shape index (κ2) is 9.01. The third kappa shape index (κ3) is 4.18. The number of ether oxygens (including phenoxy) is 1. The van der Waals surface area contributed by atoms with Gasteiger partial charge in [0.05, 0.1) is 18.2 Å². The molecule has 0 aliphatic carbocycles. The van der Waals surface area contributed by atoms with Gasteiger partial charge in [-0.25, -0.2) is 10.1 Å². The van der Waals surface area contributed by atoms with Gasteiger partial charge in [-0.2, -0.15) is 10.4 Å². The number of fused-ring (bicyclic) bond motifs is 3. The summed E-state index contributed by atoms with van der Waals surface area (Å²) in [5.74, 6) is 2.79. The Morgan fingerprint density at radius 1 is 1.25 bits per heavy atom. The molecule has 2 bridgehead atoms. The molecule has 0 unspecified atom stereocenters. The molecule has 2 aliphatic rings. The second-order valence-corrected chi connectivity index (χ2v) is 8.45. The predicted molar refractivity (Wildman–Crippen MR) is 123 cm³/mol. The van der Waals surface area contributed by atoms with Crippen molar-refractivity contribution in [1.29, 1.82) is 5.26 Å². The summed E-state index contributed by atoms with van der Waals surface area (Å²) in [5.41, 5.74) is 0.877. The van der Waals surface area contributed by atoms with Gasteiger partial charge in [0.2, 0.25) is 5.88 Å². The normalized spacial score (nSPS) is 22.6. The molecule has 5 heterocycles. The Bertz CT molecular complexity index is 1110. The molecule has 0 radical (unpaired) electrons. The van der Waals surface area contributed by atoms with Crippen LogP contribution in [0.5, 0.6) is 5.88 Å². The molecular formula is C23H28N8O. The number of rotatable bonds is 8. The third-order valence-electron chi connectivity index (χ3n) is 6.42. The first kappa shape index (κ1) is 20.5. The second-order valence-electron chi connectivity index (χ2n) is 8.45. The summed E-state index contributed by atoms with van der Waals surface area (Å²) in [5, 5.41) is 24.1. The van der Waals surface area contributed by atoms with Crippen LogP contribution in [-0.2, 0) is 0 Å². The molecule has 3 aromatic rings. The lowest BCUT2D eigenvalue weighted by molar-refractivity contribution is 0.136. The average Bonchev–Trinajstić information content (AvgIpc) is 3.33. The number of nitrogens with zero attached hydrogens (tertiary/aromatic N) is 5. The molecule has 166 valence electrons. The SMILES string of the molecule is CCOc1cc(Nc2cc3ncccc3c(N[C@@H]3C[C@H]4CC[C@@H](C3)N4CCC#N)n2)n[nH]1. The molecule has 32 heavy (non-hydrogen) atoms. The van der Waals surface area contributed by atoms with Gasteiger partial charge in [0.1, 0.15) is 11.6 Å². The Morgan fingerprint density at radius 2 is 2.09 bits per heavy atom. The largest absolute Gasteiger partial charge is 0.478 e. The van der Waals surface area contributed by atoms with Crippen molar-refractivity contribution in [3.05, 3.63) is 30.5 Å². The lowest BCUT2D eigenvalue weighted by atomic mass is 9.97. The Kier molecular flexibility index (Phi) is 5.77. The molecule has 0 spiro atoms. The molecule has 3 aromatic heterocycles. The number of nitriles is 1. The molecule has 0 aromatic carbocycles. The highest BCUT2D eigenvalue weighted by atomic mass is 16.5. The van der Waals surface area contributed by atoms with Crippen molar-refractivity contribution in [2.75, 3.05) is 23.8 Å². The Labute approximate surface area is 187 Å². The van der Waals surface area contributed by atoms with Gasteiger partial charge in [-0.15, -0.1) is 0 Å². The molecule has 3 atom stereocenters. The summed E-state index contributed by atoms with van der Waals surface area (Å²) in [6, 6.07) is 11.5. The van der Waals surface area contributed by atoms with Crippen molar-refractivity contribution >= 4 is 28.4 Å². The quantitative estimate of drug-likeness (QED) is 0.492. The Hall–Kier alpha value is -3.38. The summed E-state index contributed by atoms with van der Waals surface area (Å²) >= 11 is 0. The van der Waals surface area contributed by atoms with Crippen molar-refractivity contribution in [3.8, 4) is 11.9 Å². The number of aromatic nitrogens is 4. The first-order chi connectivity index (χ1) is 15.7. The molecule has 2 fully saturated rings. The smallest absolute Gasteiger partial charge is 0.211 e. The fourth-order valence-corrected chi connectivity index (χ4v) is 5.11.